The van der Waals surface area contributed by atoms with Crippen LogP contribution in [0.15, 0.2) is 18.2 Å². The lowest BCUT2D eigenvalue weighted by atomic mass is 10.0. The summed E-state index contributed by atoms with van der Waals surface area (Å²) in [7, 11) is 0. The van der Waals surface area contributed by atoms with Crippen molar-refractivity contribution in [2.75, 3.05) is 11.9 Å². The van der Waals surface area contributed by atoms with Gasteiger partial charge in [-0.25, -0.2) is 4.98 Å². The molecule has 0 saturated carbocycles. The van der Waals surface area contributed by atoms with Crippen molar-refractivity contribution in [1.82, 2.24) is 9.36 Å². The standard InChI is InChI=1S/C14H14N4OS/c1-9-5-6-11(4-3-7-15)12(8-9)13(19)17-14-16-10(2)18-20-14/h5-6,8H,7,15H2,1-2H3,(H,16,17,18,19). The first-order valence-corrected chi connectivity index (χ1v) is 6.78. The van der Waals surface area contributed by atoms with Crippen molar-refractivity contribution < 1.29 is 4.79 Å². The van der Waals surface area contributed by atoms with Gasteiger partial charge in [0.25, 0.3) is 5.91 Å². The van der Waals surface area contributed by atoms with Gasteiger partial charge in [-0.2, -0.15) is 4.37 Å². The van der Waals surface area contributed by atoms with Crippen molar-refractivity contribution in [2.45, 2.75) is 13.8 Å². The van der Waals surface area contributed by atoms with Crippen LogP contribution in [-0.2, 0) is 0 Å². The molecule has 0 aliphatic carbocycles. The van der Waals surface area contributed by atoms with Gasteiger partial charge in [0.2, 0.25) is 5.13 Å². The number of rotatable bonds is 2. The highest BCUT2D eigenvalue weighted by atomic mass is 32.1. The van der Waals surface area contributed by atoms with E-state index in [2.05, 4.69) is 26.5 Å². The molecular formula is C14H14N4OS. The molecule has 0 aliphatic rings. The number of amides is 1. The Labute approximate surface area is 121 Å². The summed E-state index contributed by atoms with van der Waals surface area (Å²) < 4.78 is 4.02. The highest BCUT2D eigenvalue weighted by Crippen LogP contribution is 2.15. The summed E-state index contributed by atoms with van der Waals surface area (Å²) in [4.78, 5) is 16.4. The van der Waals surface area contributed by atoms with Crippen LogP contribution in [-0.4, -0.2) is 21.8 Å². The van der Waals surface area contributed by atoms with E-state index in [1.54, 1.807) is 13.0 Å². The fourth-order valence-corrected chi connectivity index (χ4v) is 2.18. The number of carbonyl (C=O) groups is 1. The quantitative estimate of drug-likeness (QED) is 0.824. The third kappa shape index (κ3) is 3.41. The largest absolute Gasteiger partial charge is 0.320 e. The molecule has 1 amide bonds. The average Bonchev–Trinajstić information content (AvgIpc) is 2.82. The molecule has 0 radical (unpaired) electrons. The van der Waals surface area contributed by atoms with E-state index in [0.717, 1.165) is 17.1 Å². The van der Waals surface area contributed by atoms with Gasteiger partial charge in [0.05, 0.1) is 12.1 Å². The minimum Gasteiger partial charge on any atom is -0.320 e. The molecule has 3 N–H and O–H groups in total. The van der Waals surface area contributed by atoms with E-state index in [0.29, 0.717) is 22.1 Å². The summed E-state index contributed by atoms with van der Waals surface area (Å²) in [6, 6.07) is 5.52. The van der Waals surface area contributed by atoms with Crippen LogP contribution in [0.25, 0.3) is 0 Å². The SMILES string of the molecule is Cc1ccc(C#CCN)c(C(=O)Nc2nc(C)ns2)c1. The number of aromatic nitrogens is 2. The number of hydrogen-bond donors (Lipinski definition) is 2. The molecule has 0 unspecified atom stereocenters. The number of nitrogens with two attached hydrogens (primary N) is 1. The van der Waals surface area contributed by atoms with Crippen LogP contribution in [0.3, 0.4) is 0 Å². The smallest absolute Gasteiger partial charge is 0.258 e. The number of nitrogens with zero attached hydrogens (tertiary/aromatic N) is 2. The zero-order valence-corrected chi connectivity index (χ0v) is 12.0. The number of anilines is 1. The van der Waals surface area contributed by atoms with Gasteiger partial charge >= 0.3 is 0 Å². The molecule has 5 nitrogen and oxygen atoms in total. The maximum atomic E-state index is 12.3. The van der Waals surface area contributed by atoms with Gasteiger partial charge in [0, 0.05) is 17.1 Å². The molecule has 20 heavy (non-hydrogen) atoms. The second-order valence-corrected chi connectivity index (χ2v) is 4.91. The predicted molar refractivity (Wildman–Crippen MR) is 79.7 cm³/mol. The average molecular weight is 286 g/mol. The summed E-state index contributed by atoms with van der Waals surface area (Å²) in [5.41, 5.74) is 7.52. The van der Waals surface area contributed by atoms with Gasteiger partial charge in [-0.15, -0.1) is 0 Å². The molecule has 0 bridgehead atoms. The summed E-state index contributed by atoms with van der Waals surface area (Å²) in [5.74, 6) is 6.06. The number of nitrogens with one attached hydrogen (secondary N) is 1. The monoisotopic (exact) mass is 286 g/mol. The number of aryl methyl sites for hydroxylation is 2. The Morgan fingerprint density at radius 3 is 2.90 bits per heavy atom. The van der Waals surface area contributed by atoms with E-state index in [9.17, 15) is 4.79 Å². The van der Waals surface area contributed by atoms with E-state index in [1.807, 2.05) is 19.1 Å². The van der Waals surface area contributed by atoms with Gasteiger partial charge in [0.15, 0.2) is 0 Å². The van der Waals surface area contributed by atoms with E-state index in [1.165, 1.54) is 0 Å². The van der Waals surface area contributed by atoms with Gasteiger partial charge in [-0.1, -0.05) is 23.5 Å². The third-order valence-corrected chi connectivity index (χ3v) is 3.21. The Morgan fingerprint density at radius 2 is 2.25 bits per heavy atom. The molecule has 0 spiro atoms. The summed E-state index contributed by atoms with van der Waals surface area (Å²) in [6.07, 6.45) is 0. The molecule has 0 atom stereocenters. The van der Waals surface area contributed by atoms with Gasteiger partial charge in [-0.05, 0) is 26.0 Å². The lowest BCUT2D eigenvalue weighted by Gasteiger charge is -2.05. The second-order valence-electron chi connectivity index (χ2n) is 4.16. The van der Waals surface area contributed by atoms with Crippen LogP contribution >= 0.6 is 11.5 Å². The summed E-state index contributed by atoms with van der Waals surface area (Å²) in [6.45, 7) is 3.95. The Hall–Kier alpha value is -2.23. The van der Waals surface area contributed by atoms with Crippen LogP contribution < -0.4 is 11.1 Å². The van der Waals surface area contributed by atoms with Crippen LogP contribution in [0.4, 0.5) is 5.13 Å². The van der Waals surface area contributed by atoms with E-state index < -0.39 is 0 Å². The van der Waals surface area contributed by atoms with Gasteiger partial charge in [0.1, 0.15) is 5.82 Å². The van der Waals surface area contributed by atoms with Gasteiger partial charge < -0.3 is 5.73 Å². The number of carbonyl (C=O) groups excluding carboxylic acids is 1. The zero-order valence-electron chi connectivity index (χ0n) is 11.2. The van der Waals surface area contributed by atoms with Crippen LogP contribution in [0.5, 0.6) is 0 Å². The summed E-state index contributed by atoms with van der Waals surface area (Å²) >= 11 is 1.15. The Balaban J connectivity index is 2.30. The summed E-state index contributed by atoms with van der Waals surface area (Å²) in [5, 5.41) is 3.21. The van der Waals surface area contributed by atoms with Crippen molar-refractivity contribution in [3.8, 4) is 11.8 Å². The molecule has 6 heteroatoms. The lowest BCUT2D eigenvalue weighted by Crippen LogP contribution is -2.13. The van der Waals surface area contributed by atoms with Gasteiger partial charge in [-0.3, -0.25) is 10.1 Å². The second kappa shape index (κ2) is 6.28. The Morgan fingerprint density at radius 1 is 1.45 bits per heavy atom. The highest BCUT2D eigenvalue weighted by Gasteiger charge is 2.12. The number of benzene rings is 1. The fraction of sp³-hybridized carbons (Fsp3) is 0.214. The maximum absolute atomic E-state index is 12.3. The first-order valence-electron chi connectivity index (χ1n) is 6.01. The molecule has 0 aliphatic heterocycles. The Bertz CT molecular complexity index is 697. The van der Waals surface area contributed by atoms with Crippen LogP contribution in [0.2, 0.25) is 0 Å². The minimum absolute atomic E-state index is 0.244. The molecule has 2 aromatic rings. The van der Waals surface area contributed by atoms with E-state index in [4.69, 9.17) is 5.73 Å². The topological polar surface area (TPSA) is 80.9 Å². The molecule has 1 aromatic heterocycles. The molecule has 1 heterocycles. The van der Waals surface area contributed by atoms with Crippen LogP contribution in [0.1, 0.15) is 27.3 Å². The van der Waals surface area contributed by atoms with Crippen LogP contribution in [0, 0.1) is 25.7 Å². The molecular weight excluding hydrogens is 272 g/mol. The molecule has 2 rings (SSSR count). The molecule has 0 fully saturated rings. The van der Waals surface area contributed by atoms with Crippen molar-refractivity contribution >= 4 is 22.6 Å². The van der Waals surface area contributed by atoms with Crippen molar-refractivity contribution in [1.29, 1.82) is 0 Å². The highest BCUT2D eigenvalue weighted by molar-refractivity contribution is 7.09. The first-order chi connectivity index (χ1) is 9.60. The molecule has 0 saturated heterocycles. The predicted octanol–water partition coefficient (Wildman–Crippen LogP) is 1.72. The Kier molecular flexibility index (Phi) is 4.45. The minimum atomic E-state index is -0.244. The van der Waals surface area contributed by atoms with E-state index in [-0.39, 0.29) is 12.5 Å². The van der Waals surface area contributed by atoms with Crippen molar-refractivity contribution in [3.63, 3.8) is 0 Å². The normalized spacial score (nSPS) is 9.75. The molecule has 1 aromatic carbocycles. The maximum Gasteiger partial charge on any atom is 0.258 e. The van der Waals surface area contributed by atoms with Crippen molar-refractivity contribution in [2.24, 2.45) is 5.73 Å². The zero-order chi connectivity index (χ0) is 14.5. The first kappa shape index (κ1) is 14.2. The van der Waals surface area contributed by atoms with E-state index >= 15 is 0 Å². The lowest BCUT2D eigenvalue weighted by molar-refractivity contribution is 0.102. The van der Waals surface area contributed by atoms with Crippen molar-refractivity contribution in [3.05, 3.63) is 40.7 Å². The number of hydrogen-bond acceptors (Lipinski definition) is 5. The molecule has 102 valence electrons. The third-order valence-electron chi connectivity index (χ3n) is 2.49. The fourth-order valence-electron chi connectivity index (χ4n) is 1.61.